The van der Waals surface area contributed by atoms with Crippen molar-refractivity contribution in [3.05, 3.63) is 30.3 Å². The van der Waals surface area contributed by atoms with Crippen molar-refractivity contribution in [1.29, 1.82) is 0 Å². The third-order valence-corrected chi connectivity index (χ3v) is 4.17. The number of rotatable bonds is 4. The highest BCUT2D eigenvalue weighted by Gasteiger charge is 2.29. The second kappa shape index (κ2) is 7.99. The maximum absolute atomic E-state index is 12.4. The first-order valence-corrected chi connectivity index (χ1v) is 8.33. The van der Waals surface area contributed by atoms with Crippen molar-refractivity contribution < 1.29 is 9.59 Å². The van der Waals surface area contributed by atoms with Crippen molar-refractivity contribution in [3.63, 3.8) is 0 Å². The highest BCUT2D eigenvalue weighted by atomic mass is 16.2. The summed E-state index contributed by atoms with van der Waals surface area (Å²) in [6.07, 6.45) is 1.48. The minimum Gasteiger partial charge on any atom is -0.345 e. The molecule has 23 heavy (non-hydrogen) atoms. The van der Waals surface area contributed by atoms with Crippen LogP contribution in [0.15, 0.2) is 30.3 Å². The van der Waals surface area contributed by atoms with Crippen LogP contribution in [-0.4, -0.2) is 48.4 Å². The Morgan fingerprint density at radius 2 is 1.83 bits per heavy atom. The number of nitrogens with zero attached hydrogens (tertiary/aromatic N) is 2. The van der Waals surface area contributed by atoms with Crippen LogP contribution in [0.3, 0.4) is 0 Å². The van der Waals surface area contributed by atoms with Crippen LogP contribution in [0.4, 0.5) is 10.5 Å². The summed E-state index contributed by atoms with van der Waals surface area (Å²) in [5.74, 6) is 0.724. The van der Waals surface area contributed by atoms with E-state index in [1.807, 2.05) is 42.3 Å². The summed E-state index contributed by atoms with van der Waals surface area (Å²) >= 11 is 0. The van der Waals surface area contributed by atoms with Gasteiger partial charge in [-0.05, 0) is 30.9 Å². The number of urea groups is 1. The average Bonchev–Trinajstić information content (AvgIpc) is 2.54. The average molecular weight is 317 g/mol. The minimum absolute atomic E-state index is 0.0412. The summed E-state index contributed by atoms with van der Waals surface area (Å²) in [5.41, 5.74) is 0.798. The third kappa shape index (κ3) is 4.98. The molecule has 1 saturated heterocycles. The lowest BCUT2D eigenvalue weighted by Crippen LogP contribution is -2.45. The first-order valence-electron chi connectivity index (χ1n) is 8.33. The number of piperidine rings is 1. The van der Waals surface area contributed by atoms with E-state index in [4.69, 9.17) is 0 Å². The number of carbonyl (C=O) groups excluding carboxylic acids is 2. The van der Waals surface area contributed by atoms with Crippen LogP contribution >= 0.6 is 0 Å². The first kappa shape index (κ1) is 17.3. The topological polar surface area (TPSA) is 52.7 Å². The van der Waals surface area contributed by atoms with E-state index in [-0.39, 0.29) is 17.9 Å². The number of nitrogens with one attached hydrogen (secondary N) is 1. The molecule has 3 amide bonds. The van der Waals surface area contributed by atoms with E-state index in [1.165, 1.54) is 0 Å². The SMILES string of the molecule is CC(C)CN(C)C(=O)C1CCN(C(=O)Nc2ccccc2)CC1. The standard InChI is InChI=1S/C18H27N3O2/c1-14(2)13-20(3)17(22)15-9-11-21(12-10-15)18(23)19-16-7-5-4-6-8-16/h4-8,14-15H,9-13H2,1-3H3,(H,19,23). The van der Waals surface area contributed by atoms with Gasteiger partial charge in [0.15, 0.2) is 0 Å². The molecule has 5 heteroatoms. The zero-order valence-corrected chi connectivity index (χ0v) is 14.3. The molecule has 0 aliphatic carbocycles. The van der Waals surface area contributed by atoms with Crippen LogP contribution in [0.2, 0.25) is 0 Å². The molecule has 0 unspecified atom stereocenters. The van der Waals surface area contributed by atoms with E-state index in [1.54, 1.807) is 4.90 Å². The Morgan fingerprint density at radius 1 is 1.22 bits per heavy atom. The van der Waals surface area contributed by atoms with E-state index >= 15 is 0 Å². The maximum Gasteiger partial charge on any atom is 0.321 e. The van der Waals surface area contributed by atoms with E-state index in [2.05, 4.69) is 19.2 Å². The van der Waals surface area contributed by atoms with Gasteiger partial charge in [-0.15, -0.1) is 0 Å². The number of amides is 3. The number of hydrogen-bond donors (Lipinski definition) is 1. The van der Waals surface area contributed by atoms with E-state index in [0.29, 0.717) is 19.0 Å². The molecule has 1 heterocycles. The summed E-state index contributed by atoms with van der Waals surface area (Å²) in [4.78, 5) is 28.3. The van der Waals surface area contributed by atoms with Gasteiger partial charge in [-0.25, -0.2) is 4.79 Å². The molecule has 1 aromatic rings. The number of carbonyl (C=O) groups is 2. The lowest BCUT2D eigenvalue weighted by atomic mass is 9.95. The smallest absolute Gasteiger partial charge is 0.321 e. The highest BCUT2D eigenvalue weighted by Crippen LogP contribution is 2.20. The Balaban J connectivity index is 1.81. The van der Waals surface area contributed by atoms with Crippen molar-refractivity contribution in [2.24, 2.45) is 11.8 Å². The molecule has 2 rings (SSSR count). The Bertz CT molecular complexity index is 522. The Kier molecular flexibility index (Phi) is 6.02. The van der Waals surface area contributed by atoms with Crippen molar-refractivity contribution in [3.8, 4) is 0 Å². The molecule has 0 aromatic heterocycles. The van der Waals surface area contributed by atoms with Gasteiger partial charge in [-0.2, -0.15) is 0 Å². The van der Waals surface area contributed by atoms with Crippen LogP contribution < -0.4 is 5.32 Å². The fraction of sp³-hybridized carbons (Fsp3) is 0.556. The van der Waals surface area contributed by atoms with Gasteiger partial charge < -0.3 is 15.1 Å². The fourth-order valence-corrected chi connectivity index (χ4v) is 3.00. The van der Waals surface area contributed by atoms with Gasteiger partial charge in [0.1, 0.15) is 0 Å². The molecule has 1 aliphatic rings. The first-order chi connectivity index (χ1) is 11.0. The molecular formula is C18H27N3O2. The predicted octanol–water partition coefficient (Wildman–Crippen LogP) is 3.04. The molecule has 5 nitrogen and oxygen atoms in total. The molecule has 126 valence electrons. The highest BCUT2D eigenvalue weighted by molar-refractivity contribution is 5.89. The van der Waals surface area contributed by atoms with Crippen molar-refractivity contribution in [1.82, 2.24) is 9.80 Å². The molecule has 1 aliphatic heterocycles. The van der Waals surface area contributed by atoms with Gasteiger partial charge >= 0.3 is 6.03 Å². The maximum atomic E-state index is 12.4. The van der Waals surface area contributed by atoms with Gasteiger partial charge in [0.25, 0.3) is 0 Å². The number of likely N-dealkylation sites (tertiary alicyclic amines) is 1. The summed E-state index contributed by atoms with van der Waals surface area (Å²) < 4.78 is 0. The van der Waals surface area contributed by atoms with Gasteiger partial charge in [-0.3, -0.25) is 4.79 Å². The Morgan fingerprint density at radius 3 is 2.39 bits per heavy atom. The third-order valence-electron chi connectivity index (χ3n) is 4.17. The van der Waals surface area contributed by atoms with Crippen LogP contribution in [-0.2, 0) is 4.79 Å². The summed E-state index contributed by atoms with van der Waals surface area (Å²) in [5, 5.41) is 2.90. The quantitative estimate of drug-likeness (QED) is 0.928. The van der Waals surface area contributed by atoms with Crippen molar-refractivity contribution in [2.75, 3.05) is 32.0 Å². The van der Waals surface area contributed by atoms with Crippen LogP contribution in [0.5, 0.6) is 0 Å². The molecule has 0 atom stereocenters. The lowest BCUT2D eigenvalue weighted by molar-refractivity contribution is -0.136. The largest absolute Gasteiger partial charge is 0.345 e. The molecule has 1 N–H and O–H groups in total. The molecular weight excluding hydrogens is 290 g/mol. The zero-order valence-electron chi connectivity index (χ0n) is 14.3. The summed E-state index contributed by atoms with van der Waals surface area (Å²) in [6, 6.07) is 9.36. The van der Waals surface area contributed by atoms with Gasteiger partial charge in [0.05, 0.1) is 0 Å². The minimum atomic E-state index is -0.0855. The Labute approximate surface area is 138 Å². The molecule has 0 bridgehead atoms. The van der Waals surface area contributed by atoms with Crippen LogP contribution in [0, 0.1) is 11.8 Å². The van der Waals surface area contributed by atoms with Crippen molar-refractivity contribution in [2.45, 2.75) is 26.7 Å². The fourth-order valence-electron chi connectivity index (χ4n) is 3.00. The van der Waals surface area contributed by atoms with Gasteiger partial charge in [0, 0.05) is 38.3 Å². The van der Waals surface area contributed by atoms with Crippen LogP contribution in [0.1, 0.15) is 26.7 Å². The second-order valence-electron chi connectivity index (χ2n) is 6.67. The molecule has 0 saturated carbocycles. The molecule has 0 spiro atoms. The van der Waals surface area contributed by atoms with E-state index in [9.17, 15) is 9.59 Å². The number of hydrogen-bond acceptors (Lipinski definition) is 2. The summed E-state index contributed by atoms with van der Waals surface area (Å²) in [6.45, 7) is 6.27. The Hall–Kier alpha value is -2.04. The normalized spacial score (nSPS) is 15.6. The predicted molar refractivity (Wildman–Crippen MR) is 92.2 cm³/mol. The van der Waals surface area contributed by atoms with E-state index < -0.39 is 0 Å². The van der Waals surface area contributed by atoms with Gasteiger partial charge in [-0.1, -0.05) is 32.0 Å². The van der Waals surface area contributed by atoms with E-state index in [0.717, 1.165) is 25.1 Å². The van der Waals surface area contributed by atoms with Gasteiger partial charge in [0.2, 0.25) is 5.91 Å². The lowest BCUT2D eigenvalue weighted by Gasteiger charge is -2.33. The molecule has 1 aromatic carbocycles. The second-order valence-corrected chi connectivity index (χ2v) is 6.67. The number of benzene rings is 1. The van der Waals surface area contributed by atoms with Crippen LogP contribution in [0.25, 0.3) is 0 Å². The molecule has 0 radical (unpaired) electrons. The zero-order chi connectivity index (χ0) is 16.8. The molecule has 1 fully saturated rings. The van der Waals surface area contributed by atoms with Crippen molar-refractivity contribution >= 4 is 17.6 Å². The summed E-state index contributed by atoms with van der Waals surface area (Å²) in [7, 11) is 1.87. The number of para-hydroxylation sites is 1. The monoisotopic (exact) mass is 317 g/mol. The number of anilines is 1.